The van der Waals surface area contributed by atoms with E-state index in [2.05, 4.69) is 21.7 Å². The van der Waals surface area contributed by atoms with Crippen molar-refractivity contribution >= 4 is 17.4 Å². The molecular weight excluding hydrogens is 286 g/mol. The molecule has 2 heterocycles. The average Bonchev–Trinajstić information content (AvgIpc) is 3.16. The number of likely N-dealkylation sites (tertiary alicyclic amines) is 1. The molecule has 1 aliphatic rings. The Bertz CT molecular complexity index is 639. The van der Waals surface area contributed by atoms with Crippen LogP contribution >= 0.6 is 11.5 Å². The summed E-state index contributed by atoms with van der Waals surface area (Å²) in [5, 5.41) is 3.91. The molecule has 1 amide bonds. The Labute approximate surface area is 127 Å². The van der Waals surface area contributed by atoms with Gasteiger partial charge in [-0.15, -0.1) is 5.10 Å². The molecule has 0 radical (unpaired) electrons. The summed E-state index contributed by atoms with van der Waals surface area (Å²) < 4.78 is 9.02. The molecule has 1 unspecified atom stereocenters. The lowest BCUT2D eigenvalue weighted by Crippen LogP contribution is -2.28. The summed E-state index contributed by atoms with van der Waals surface area (Å²) in [6.07, 6.45) is 0.989. The fourth-order valence-corrected chi connectivity index (χ4v) is 3.29. The first-order chi connectivity index (χ1) is 10.2. The Balaban J connectivity index is 1.70. The van der Waals surface area contributed by atoms with E-state index in [9.17, 15) is 4.79 Å². The quantitative estimate of drug-likeness (QED) is 0.874. The molecule has 6 heteroatoms. The molecule has 110 valence electrons. The highest BCUT2D eigenvalue weighted by molar-refractivity contribution is 7.07. The van der Waals surface area contributed by atoms with Crippen LogP contribution in [-0.4, -0.2) is 40.6 Å². The second kappa shape index (κ2) is 5.81. The predicted octanol–water partition coefficient (Wildman–Crippen LogP) is 2.48. The highest BCUT2D eigenvalue weighted by Gasteiger charge is 2.29. The van der Waals surface area contributed by atoms with Crippen LogP contribution in [0.1, 0.15) is 33.3 Å². The third-order valence-corrected chi connectivity index (χ3v) is 4.72. The SMILES string of the molecule is COc1ccc(C2CCN(C(=O)c3snnc3C)C2)cc1. The number of methoxy groups -OCH3 is 1. The van der Waals surface area contributed by atoms with Gasteiger partial charge >= 0.3 is 0 Å². The molecule has 1 fully saturated rings. The largest absolute Gasteiger partial charge is 0.497 e. The van der Waals surface area contributed by atoms with Gasteiger partial charge in [-0.1, -0.05) is 16.6 Å². The van der Waals surface area contributed by atoms with Crippen molar-refractivity contribution in [2.45, 2.75) is 19.3 Å². The van der Waals surface area contributed by atoms with Gasteiger partial charge < -0.3 is 9.64 Å². The van der Waals surface area contributed by atoms with Crippen LogP contribution in [0.3, 0.4) is 0 Å². The first kappa shape index (κ1) is 14.0. The monoisotopic (exact) mass is 303 g/mol. The highest BCUT2D eigenvalue weighted by Crippen LogP contribution is 2.29. The lowest BCUT2D eigenvalue weighted by molar-refractivity contribution is 0.0794. The van der Waals surface area contributed by atoms with Gasteiger partial charge in [0.1, 0.15) is 10.6 Å². The Hall–Kier alpha value is -1.95. The molecule has 3 rings (SSSR count). The molecule has 1 saturated heterocycles. The maximum absolute atomic E-state index is 12.4. The van der Waals surface area contributed by atoms with Gasteiger partial charge in [-0.2, -0.15) is 0 Å². The van der Waals surface area contributed by atoms with Crippen molar-refractivity contribution in [1.29, 1.82) is 0 Å². The third-order valence-electron chi connectivity index (χ3n) is 3.91. The second-order valence-corrected chi connectivity index (χ2v) is 5.95. The average molecular weight is 303 g/mol. The molecule has 0 bridgehead atoms. The third kappa shape index (κ3) is 2.76. The van der Waals surface area contributed by atoms with Crippen molar-refractivity contribution < 1.29 is 9.53 Å². The molecule has 0 saturated carbocycles. The summed E-state index contributed by atoms with van der Waals surface area (Å²) in [7, 11) is 1.66. The van der Waals surface area contributed by atoms with Crippen molar-refractivity contribution in [3.8, 4) is 5.75 Å². The molecule has 5 nitrogen and oxygen atoms in total. The topological polar surface area (TPSA) is 55.3 Å². The summed E-state index contributed by atoms with van der Waals surface area (Å²) in [4.78, 5) is 15.0. The molecule has 0 spiro atoms. The van der Waals surface area contributed by atoms with Gasteiger partial charge in [0.15, 0.2) is 0 Å². The van der Waals surface area contributed by atoms with Gasteiger partial charge in [0.25, 0.3) is 5.91 Å². The summed E-state index contributed by atoms with van der Waals surface area (Å²) >= 11 is 1.18. The van der Waals surface area contributed by atoms with E-state index in [4.69, 9.17) is 4.74 Å². The van der Waals surface area contributed by atoms with Crippen molar-refractivity contribution in [3.63, 3.8) is 0 Å². The number of aryl methyl sites for hydroxylation is 1. The van der Waals surface area contributed by atoms with Crippen molar-refractivity contribution in [2.24, 2.45) is 0 Å². The fourth-order valence-electron chi connectivity index (χ4n) is 2.66. The van der Waals surface area contributed by atoms with E-state index in [1.807, 2.05) is 24.0 Å². The van der Waals surface area contributed by atoms with Crippen LogP contribution in [0.2, 0.25) is 0 Å². The molecule has 1 aromatic carbocycles. The van der Waals surface area contributed by atoms with Crippen molar-refractivity contribution in [3.05, 3.63) is 40.4 Å². The van der Waals surface area contributed by atoms with E-state index >= 15 is 0 Å². The van der Waals surface area contributed by atoms with E-state index < -0.39 is 0 Å². The molecule has 0 aliphatic carbocycles. The van der Waals surface area contributed by atoms with Gasteiger partial charge in [-0.25, -0.2) is 0 Å². The second-order valence-electron chi connectivity index (χ2n) is 5.20. The smallest absolute Gasteiger partial charge is 0.267 e. The zero-order valence-electron chi connectivity index (χ0n) is 12.1. The van der Waals surface area contributed by atoms with E-state index in [0.717, 1.165) is 31.0 Å². The minimum atomic E-state index is 0.0542. The van der Waals surface area contributed by atoms with Crippen molar-refractivity contribution in [2.75, 3.05) is 20.2 Å². The summed E-state index contributed by atoms with van der Waals surface area (Å²) in [6, 6.07) is 8.10. The van der Waals surface area contributed by atoms with Gasteiger partial charge in [0.2, 0.25) is 0 Å². The standard InChI is InChI=1S/C15H17N3O2S/c1-10-14(21-17-16-10)15(19)18-8-7-12(9-18)11-3-5-13(20-2)6-4-11/h3-6,12H,7-9H2,1-2H3. The van der Waals surface area contributed by atoms with Crippen molar-refractivity contribution in [1.82, 2.24) is 14.5 Å². The Morgan fingerprint density at radius 3 is 2.76 bits per heavy atom. The summed E-state index contributed by atoms with van der Waals surface area (Å²) in [6.45, 7) is 3.36. The Morgan fingerprint density at radius 1 is 1.38 bits per heavy atom. The lowest BCUT2D eigenvalue weighted by atomic mass is 9.98. The van der Waals surface area contributed by atoms with E-state index in [1.54, 1.807) is 7.11 Å². The van der Waals surface area contributed by atoms with E-state index in [0.29, 0.717) is 10.8 Å². The van der Waals surface area contributed by atoms with E-state index in [-0.39, 0.29) is 5.91 Å². The first-order valence-corrected chi connectivity index (χ1v) is 7.68. The highest BCUT2D eigenvalue weighted by atomic mass is 32.1. The number of nitrogens with zero attached hydrogens (tertiary/aromatic N) is 3. The number of hydrogen-bond donors (Lipinski definition) is 0. The minimum absolute atomic E-state index is 0.0542. The molecule has 1 aliphatic heterocycles. The van der Waals surface area contributed by atoms with Gasteiger partial charge in [0.05, 0.1) is 12.8 Å². The van der Waals surface area contributed by atoms with Crippen LogP contribution in [0, 0.1) is 6.92 Å². The number of hydrogen-bond acceptors (Lipinski definition) is 5. The van der Waals surface area contributed by atoms with Crippen LogP contribution in [0.25, 0.3) is 0 Å². The number of benzene rings is 1. The van der Waals surface area contributed by atoms with Crippen LogP contribution in [0.5, 0.6) is 5.75 Å². The van der Waals surface area contributed by atoms with Gasteiger partial charge in [0, 0.05) is 19.0 Å². The van der Waals surface area contributed by atoms with Crippen LogP contribution in [0.4, 0.5) is 0 Å². The molecular formula is C15H17N3O2S. The number of aromatic nitrogens is 2. The zero-order valence-corrected chi connectivity index (χ0v) is 12.9. The van der Waals surface area contributed by atoms with Crippen LogP contribution in [-0.2, 0) is 0 Å². The predicted molar refractivity (Wildman–Crippen MR) is 80.9 cm³/mol. The minimum Gasteiger partial charge on any atom is -0.497 e. The number of carbonyl (C=O) groups is 1. The molecule has 1 aromatic heterocycles. The molecule has 0 N–H and O–H groups in total. The maximum atomic E-state index is 12.4. The maximum Gasteiger partial charge on any atom is 0.267 e. The summed E-state index contributed by atoms with van der Waals surface area (Å²) in [5.41, 5.74) is 1.98. The fraction of sp³-hybridized carbons (Fsp3) is 0.400. The number of rotatable bonds is 3. The number of ether oxygens (including phenoxy) is 1. The number of carbonyl (C=O) groups excluding carboxylic acids is 1. The van der Waals surface area contributed by atoms with Gasteiger partial charge in [-0.3, -0.25) is 4.79 Å². The van der Waals surface area contributed by atoms with Crippen LogP contribution in [0.15, 0.2) is 24.3 Å². The summed E-state index contributed by atoms with van der Waals surface area (Å²) in [5.74, 6) is 1.30. The molecule has 1 atom stereocenters. The molecule has 2 aromatic rings. The van der Waals surface area contributed by atoms with Gasteiger partial charge in [-0.05, 0) is 42.6 Å². The normalized spacial score (nSPS) is 18.0. The molecule has 21 heavy (non-hydrogen) atoms. The Morgan fingerprint density at radius 2 is 2.14 bits per heavy atom. The Kier molecular flexibility index (Phi) is 3.88. The number of amides is 1. The van der Waals surface area contributed by atoms with Crippen LogP contribution < -0.4 is 4.74 Å². The lowest BCUT2D eigenvalue weighted by Gasteiger charge is -2.16. The first-order valence-electron chi connectivity index (χ1n) is 6.91. The zero-order chi connectivity index (χ0) is 14.8. The van der Waals surface area contributed by atoms with E-state index in [1.165, 1.54) is 17.1 Å².